The van der Waals surface area contributed by atoms with E-state index < -0.39 is 11.3 Å². The number of para-hydroxylation sites is 1. The first-order valence-corrected chi connectivity index (χ1v) is 12.9. The van der Waals surface area contributed by atoms with Crippen LogP contribution in [0.15, 0.2) is 35.1 Å². The van der Waals surface area contributed by atoms with Crippen LogP contribution in [0, 0.1) is 0 Å². The Morgan fingerprint density at radius 3 is 2.33 bits per heavy atom. The maximum absolute atomic E-state index is 13.6. The van der Waals surface area contributed by atoms with Crippen LogP contribution in [0.5, 0.6) is 0 Å². The molecule has 9 heteroatoms. The third-order valence-electron chi connectivity index (χ3n) is 6.43. The number of halogens is 1. The number of carbonyl (C=O) groups excluding carboxylic acids is 1. The molecule has 4 rings (SSSR count). The van der Waals surface area contributed by atoms with Crippen LogP contribution in [0.25, 0.3) is 16.7 Å². The lowest BCUT2D eigenvalue weighted by Gasteiger charge is -2.41. The molecule has 0 radical (unpaired) electrons. The molecule has 0 saturated carbocycles. The van der Waals surface area contributed by atoms with Gasteiger partial charge in [-0.2, -0.15) is 4.98 Å². The molecular formula is C27H34ClN5O3. The summed E-state index contributed by atoms with van der Waals surface area (Å²) in [5.41, 5.74) is 2.45. The van der Waals surface area contributed by atoms with E-state index in [1.165, 1.54) is 0 Å². The predicted molar refractivity (Wildman–Crippen MR) is 144 cm³/mol. The molecule has 0 unspecified atom stereocenters. The fourth-order valence-corrected chi connectivity index (χ4v) is 4.89. The number of rotatable bonds is 4. The van der Waals surface area contributed by atoms with Crippen LogP contribution in [0.3, 0.4) is 0 Å². The van der Waals surface area contributed by atoms with Crippen molar-refractivity contribution in [3.63, 3.8) is 0 Å². The van der Waals surface area contributed by atoms with Crippen LogP contribution >= 0.6 is 11.6 Å². The Labute approximate surface area is 216 Å². The number of nitrogens with zero attached hydrogens (tertiary/aromatic N) is 5. The van der Waals surface area contributed by atoms with Crippen molar-refractivity contribution < 1.29 is 9.53 Å². The van der Waals surface area contributed by atoms with Gasteiger partial charge in [-0.1, -0.05) is 43.6 Å². The van der Waals surface area contributed by atoms with E-state index in [1.807, 2.05) is 52.0 Å². The number of fused-ring (bicyclic) bond motifs is 1. The van der Waals surface area contributed by atoms with Crippen molar-refractivity contribution in [1.29, 1.82) is 0 Å². The molecule has 1 aromatic carbocycles. The molecule has 2 aromatic heterocycles. The number of piperazine rings is 1. The molecule has 0 N–H and O–H groups in total. The number of hydrogen-bond acceptors (Lipinski definition) is 6. The van der Waals surface area contributed by atoms with Crippen LogP contribution in [-0.4, -0.2) is 56.8 Å². The van der Waals surface area contributed by atoms with E-state index in [4.69, 9.17) is 16.3 Å². The second-order valence-electron chi connectivity index (χ2n) is 10.2. The zero-order chi connectivity index (χ0) is 26.2. The Kier molecular flexibility index (Phi) is 7.27. The molecule has 3 heterocycles. The van der Waals surface area contributed by atoms with E-state index >= 15 is 0 Å². The molecular weight excluding hydrogens is 478 g/mol. The van der Waals surface area contributed by atoms with Gasteiger partial charge >= 0.3 is 11.8 Å². The van der Waals surface area contributed by atoms with E-state index in [2.05, 4.69) is 28.7 Å². The summed E-state index contributed by atoms with van der Waals surface area (Å²) in [4.78, 5) is 39.2. The number of ether oxygens (including phenoxy) is 1. The highest BCUT2D eigenvalue weighted by molar-refractivity contribution is 6.29. The van der Waals surface area contributed by atoms with Gasteiger partial charge in [0, 0.05) is 25.7 Å². The molecule has 0 spiro atoms. The fourth-order valence-electron chi connectivity index (χ4n) is 4.75. The number of pyridine rings is 1. The normalized spacial score (nSPS) is 16.5. The van der Waals surface area contributed by atoms with Crippen LogP contribution in [-0.2, 0) is 17.6 Å². The number of amides is 1. The summed E-state index contributed by atoms with van der Waals surface area (Å²) in [5.74, 6) is 0.554. The largest absolute Gasteiger partial charge is 0.444 e. The fraction of sp³-hybridized carbons (Fsp3) is 0.481. The molecule has 192 valence electrons. The van der Waals surface area contributed by atoms with Crippen molar-refractivity contribution in [2.75, 3.05) is 24.5 Å². The summed E-state index contributed by atoms with van der Waals surface area (Å²) >= 11 is 6.33. The lowest BCUT2D eigenvalue weighted by atomic mass is 10.0. The lowest BCUT2D eigenvalue weighted by molar-refractivity contribution is 0.0218. The molecule has 1 amide bonds. The second-order valence-corrected chi connectivity index (χ2v) is 10.5. The van der Waals surface area contributed by atoms with Crippen LogP contribution in [0.2, 0.25) is 5.15 Å². The third-order valence-corrected chi connectivity index (χ3v) is 6.64. The molecule has 3 aromatic rings. The Morgan fingerprint density at radius 1 is 1.08 bits per heavy atom. The number of aryl methyl sites for hydroxylation is 2. The highest BCUT2D eigenvalue weighted by Crippen LogP contribution is 2.30. The van der Waals surface area contributed by atoms with Crippen molar-refractivity contribution in [3.05, 3.63) is 57.1 Å². The lowest BCUT2D eigenvalue weighted by Crippen LogP contribution is -2.55. The Hall–Kier alpha value is -3.13. The predicted octanol–water partition coefficient (Wildman–Crippen LogP) is 5.00. The van der Waals surface area contributed by atoms with Gasteiger partial charge < -0.3 is 14.5 Å². The molecule has 0 bridgehead atoms. The number of anilines is 1. The zero-order valence-corrected chi connectivity index (χ0v) is 22.6. The van der Waals surface area contributed by atoms with Crippen molar-refractivity contribution in [2.24, 2.45) is 0 Å². The van der Waals surface area contributed by atoms with Crippen molar-refractivity contribution in [1.82, 2.24) is 19.4 Å². The minimum Gasteiger partial charge on any atom is -0.444 e. The summed E-state index contributed by atoms with van der Waals surface area (Å²) in [5, 5.41) is 1.05. The quantitative estimate of drug-likeness (QED) is 0.458. The smallest absolute Gasteiger partial charge is 0.410 e. The van der Waals surface area contributed by atoms with Crippen LogP contribution in [0.1, 0.15) is 52.7 Å². The third kappa shape index (κ3) is 5.05. The first-order chi connectivity index (χ1) is 17.0. The van der Waals surface area contributed by atoms with Crippen molar-refractivity contribution in [2.45, 2.75) is 66.0 Å². The average Bonchev–Trinajstić information content (AvgIpc) is 2.82. The Bertz CT molecular complexity index is 1330. The molecule has 8 nitrogen and oxygen atoms in total. The second kappa shape index (κ2) is 10.1. The molecule has 1 aliphatic rings. The summed E-state index contributed by atoms with van der Waals surface area (Å²) in [6, 6.07) is 9.59. The molecule has 1 fully saturated rings. The number of carbonyl (C=O) groups is 1. The highest BCUT2D eigenvalue weighted by atomic mass is 35.5. The summed E-state index contributed by atoms with van der Waals surface area (Å²) in [6.07, 6.45) is 1.20. The maximum atomic E-state index is 13.6. The molecule has 36 heavy (non-hydrogen) atoms. The average molecular weight is 512 g/mol. The van der Waals surface area contributed by atoms with Gasteiger partial charge in [0.2, 0.25) is 0 Å². The Morgan fingerprint density at radius 2 is 1.75 bits per heavy atom. The number of benzene rings is 1. The van der Waals surface area contributed by atoms with Gasteiger partial charge in [-0.3, -0.25) is 0 Å². The van der Waals surface area contributed by atoms with Gasteiger partial charge in [0.25, 0.3) is 0 Å². The van der Waals surface area contributed by atoms with Gasteiger partial charge in [0.15, 0.2) is 5.65 Å². The van der Waals surface area contributed by atoms with Crippen LogP contribution < -0.4 is 10.6 Å². The maximum Gasteiger partial charge on any atom is 0.410 e. The highest BCUT2D eigenvalue weighted by Gasteiger charge is 2.32. The standard InChI is InChI=1S/C27H34ClN5O3/c1-7-18-10-9-11-19(8-2)22(18)33-24-20(12-13-21(28)29-24)23(30-25(33)34)32-15-14-31(16-17(32)3)26(35)36-27(4,5)6/h9-13,17H,7-8,14-16H2,1-6H3/t17-/m0/s1. The van der Waals surface area contributed by atoms with Crippen LogP contribution in [0.4, 0.5) is 10.6 Å². The van der Waals surface area contributed by atoms with Gasteiger partial charge in [-0.15, -0.1) is 0 Å². The first kappa shape index (κ1) is 25.9. The number of hydrogen-bond donors (Lipinski definition) is 0. The number of aromatic nitrogens is 3. The van der Waals surface area contributed by atoms with Crippen molar-refractivity contribution in [3.8, 4) is 5.69 Å². The van der Waals surface area contributed by atoms with Crippen molar-refractivity contribution >= 4 is 34.5 Å². The molecule has 1 aliphatic heterocycles. The van der Waals surface area contributed by atoms with E-state index in [1.54, 1.807) is 15.5 Å². The first-order valence-electron chi connectivity index (χ1n) is 12.5. The van der Waals surface area contributed by atoms with Gasteiger partial charge in [-0.25, -0.2) is 19.1 Å². The van der Waals surface area contributed by atoms with Gasteiger partial charge in [0.05, 0.1) is 11.1 Å². The van der Waals surface area contributed by atoms with Gasteiger partial charge in [-0.05, 0) is 63.8 Å². The van der Waals surface area contributed by atoms with Gasteiger partial charge in [0.1, 0.15) is 16.6 Å². The van der Waals surface area contributed by atoms with E-state index in [9.17, 15) is 9.59 Å². The zero-order valence-electron chi connectivity index (χ0n) is 21.8. The van der Waals surface area contributed by atoms with E-state index in [-0.39, 0.29) is 12.1 Å². The molecule has 0 aliphatic carbocycles. The summed E-state index contributed by atoms with van der Waals surface area (Å²) < 4.78 is 7.15. The topological polar surface area (TPSA) is 80.6 Å². The minimum atomic E-state index is -0.559. The summed E-state index contributed by atoms with van der Waals surface area (Å²) in [6.45, 7) is 13.2. The molecule has 1 saturated heterocycles. The summed E-state index contributed by atoms with van der Waals surface area (Å²) in [7, 11) is 0. The molecule has 1 atom stereocenters. The van der Waals surface area contributed by atoms with E-state index in [0.29, 0.717) is 36.3 Å². The minimum absolute atomic E-state index is 0.0815. The monoisotopic (exact) mass is 511 g/mol. The van der Waals surface area contributed by atoms with E-state index in [0.717, 1.165) is 35.0 Å². The SMILES string of the molecule is CCc1cccc(CC)c1-n1c(=O)nc(N2CCN(C(=O)OC(C)(C)C)C[C@@H]2C)c2ccc(Cl)nc21. The Balaban J connectivity index is 1.81.